The monoisotopic (exact) mass is 257 g/mol. The Hall–Kier alpha value is -2.16. The molecule has 1 amide bonds. The summed E-state index contributed by atoms with van der Waals surface area (Å²) < 4.78 is 13.9. The van der Waals surface area contributed by atoms with Crippen LogP contribution in [0, 0.1) is 19.7 Å². The Morgan fingerprint density at radius 3 is 2.37 bits per heavy atom. The number of carbonyl (C=O) groups is 1. The summed E-state index contributed by atoms with van der Waals surface area (Å²) in [4.78, 5) is 13.3. The molecule has 0 fully saturated rings. The van der Waals surface area contributed by atoms with Gasteiger partial charge in [0.1, 0.15) is 5.82 Å². The summed E-state index contributed by atoms with van der Waals surface area (Å²) in [5.41, 5.74) is 2.97. The summed E-state index contributed by atoms with van der Waals surface area (Å²) in [6, 6.07) is 12.1. The molecule has 0 aliphatic heterocycles. The number of carbonyl (C=O) groups excluding carboxylic acids is 1. The number of halogens is 1. The molecule has 0 aliphatic carbocycles. The molecule has 2 nitrogen and oxygen atoms in total. The second kappa shape index (κ2) is 5.22. The van der Waals surface area contributed by atoms with Crippen LogP contribution in [0.2, 0.25) is 0 Å². The zero-order valence-electron chi connectivity index (χ0n) is 11.3. The van der Waals surface area contributed by atoms with Crippen molar-refractivity contribution in [3.63, 3.8) is 0 Å². The van der Waals surface area contributed by atoms with Crippen LogP contribution >= 0.6 is 0 Å². The lowest BCUT2D eigenvalue weighted by atomic mass is 10.1. The minimum atomic E-state index is -0.404. The Labute approximate surface area is 112 Å². The SMILES string of the molecule is CC(=O)N(c1cc(C)ccc1C)c1ccccc1F. The topological polar surface area (TPSA) is 20.3 Å². The molecule has 0 N–H and O–H groups in total. The number of hydrogen-bond acceptors (Lipinski definition) is 1. The van der Waals surface area contributed by atoms with Crippen LogP contribution in [0.15, 0.2) is 42.5 Å². The summed E-state index contributed by atoms with van der Waals surface area (Å²) in [7, 11) is 0. The first-order valence-electron chi connectivity index (χ1n) is 6.13. The van der Waals surface area contributed by atoms with Gasteiger partial charge in [0, 0.05) is 6.92 Å². The molecule has 98 valence electrons. The highest BCUT2D eigenvalue weighted by Crippen LogP contribution is 2.31. The molecule has 19 heavy (non-hydrogen) atoms. The van der Waals surface area contributed by atoms with Crippen LogP contribution in [0.5, 0.6) is 0 Å². The van der Waals surface area contributed by atoms with Crippen LogP contribution in [-0.4, -0.2) is 5.91 Å². The Balaban J connectivity index is 2.62. The highest BCUT2D eigenvalue weighted by atomic mass is 19.1. The third-order valence-corrected chi connectivity index (χ3v) is 3.01. The number of anilines is 2. The van der Waals surface area contributed by atoms with Gasteiger partial charge in [-0.15, -0.1) is 0 Å². The molecule has 0 unspecified atom stereocenters. The van der Waals surface area contributed by atoms with E-state index in [2.05, 4.69) is 0 Å². The second-order valence-corrected chi connectivity index (χ2v) is 4.60. The zero-order valence-corrected chi connectivity index (χ0v) is 11.3. The van der Waals surface area contributed by atoms with E-state index in [0.717, 1.165) is 16.8 Å². The summed E-state index contributed by atoms with van der Waals surface area (Å²) in [5.74, 6) is -0.614. The van der Waals surface area contributed by atoms with Gasteiger partial charge in [-0.1, -0.05) is 24.3 Å². The quantitative estimate of drug-likeness (QED) is 0.792. The third-order valence-electron chi connectivity index (χ3n) is 3.01. The van der Waals surface area contributed by atoms with E-state index in [9.17, 15) is 9.18 Å². The lowest BCUT2D eigenvalue weighted by Gasteiger charge is -2.24. The standard InChI is InChI=1S/C16H16FNO/c1-11-8-9-12(2)16(10-11)18(13(3)19)15-7-5-4-6-14(15)17/h4-10H,1-3H3. The zero-order chi connectivity index (χ0) is 14.0. The maximum atomic E-state index is 13.9. The highest BCUT2D eigenvalue weighted by molar-refractivity contribution is 5.99. The van der Waals surface area contributed by atoms with Crippen molar-refractivity contribution in [2.45, 2.75) is 20.8 Å². The van der Waals surface area contributed by atoms with E-state index in [-0.39, 0.29) is 11.6 Å². The van der Waals surface area contributed by atoms with Crippen molar-refractivity contribution in [1.29, 1.82) is 0 Å². The van der Waals surface area contributed by atoms with Crippen LogP contribution in [-0.2, 0) is 4.79 Å². The number of para-hydroxylation sites is 1. The van der Waals surface area contributed by atoms with E-state index in [0.29, 0.717) is 0 Å². The number of benzene rings is 2. The molecule has 2 aromatic rings. The molecule has 0 saturated carbocycles. The minimum Gasteiger partial charge on any atom is -0.278 e. The van der Waals surface area contributed by atoms with Crippen LogP contribution in [0.3, 0.4) is 0 Å². The molecular weight excluding hydrogens is 241 g/mol. The maximum absolute atomic E-state index is 13.9. The van der Waals surface area contributed by atoms with E-state index < -0.39 is 5.82 Å². The van der Waals surface area contributed by atoms with Gasteiger partial charge < -0.3 is 0 Å². The molecule has 0 aliphatic rings. The van der Waals surface area contributed by atoms with Crippen molar-refractivity contribution in [2.24, 2.45) is 0 Å². The molecule has 2 rings (SSSR count). The molecule has 0 heterocycles. The molecular formula is C16H16FNO. The van der Waals surface area contributed by atoms with Crippen molar-refractivity contribution < 1.29 is 9.18 Å². The molecule has 0 atom stereocenters. The molecule has 0 spiro atoms. The predicted molar refractivity (Wildman–Crippen MR) is 75.1 cm³/mol. The van der Waals surface area contributed by atoms with Gasteiger partial charge in [0.25, 0.3) is 0 Å². The van der Waals surface area contributed by atoms with Crippen molar-refractivity contribution in [2.75, 3.05) is 4.90 Å². The summed E-state index contributed by atoms with van der Waals surface area (Å²) in [5, 5.41) is 0. The number of nitrogens with zero attached hydrogens (tertiary/aromatic N) is 1. The fourth-order valence-corrected chi connectivity index (χ4v) is 2.06. The summed E-state index contributed by atoms with van der Waals surface area (Å²) in [6.07, 6.45) is 0. The van der Waals surface area contributed by atoms with E-state index in [1.165, 1.54) is 17.9 Å². The Bertz CT molecular complexity index is 622. The van der Waals surface area contributed by atoms with Crippen LogP contribution < -0.4 is 4.90 Å². The van der Waals surface area contributed by atoms with Crippen molar-refractivity contribution in [3.8, 4) is 0 Å². The fourth-order valence-electron chi connectivity index (χ4n) is 2.06. The third kappa shape index (κ3) is 2.65. The number of amides is 1. The van der Waals surface area contributed by atoms with Crippen molar-refractivity contribution >= 4 is 17.3 Å². The lowest BCUT2D eigenvalue weighted by Crippen LogP contribution is -2.24. The van der Waals surface area contributed by atoms with Gasteiger partial charge in [0.15, 0.2) is 0 Å². The fraction of sp³-hybridized carbons (Fsp3) is 0.188. The molecule has 3 heteroatoms. The number of rotatable bonds is 2. The first kappa shape index (κ1) is 13.3. The average molecular weight is 257 g/mol. The Morgan fingerprint density at radius 2 is 1.74 bits per heavy atom. The molecule has 2 aromatic carbocycles. The summed E-state index contributed by atoms with van der Waals surface area (Å²) in [6.45, 7) is 5.29. The van der Waals surface area contributed by atoms with Crippen LogP contribution in [0.4, 0.5) is 15.8 Å². The van der Waals surface area contributed by atoms with Gasteiger partial charge >= 0.3 is 0 Å². The minimum absolute atomic E-state index is 0.209. The van der Waals surface area contributed by atoms with Crippen molar-refractivity contribution in [3.05, 3.63) is 59.4 Å². The highest BCUT2D eigenvalue weighted by Gasteiger charge is 2.19. The Kier molecular flexibility index (Phi) is 3.65. The van der Waals surface area contributed by atoms with E-state index >= 15 is 0 Å². The summed E-state index contributed by atoms with van der Waals surface area (Å²) >= 11 is 0. The number of aryl methyl sites for hydroxylation is 2. The smallest absolute Gasteiger partial charge is 0.228 e. The second-order valence-electron chi connectivity index (χ2n) is 4.60. The van der Waals surface area contributed by atoms with Gasteiger partial charge in [0.2, 0.25) is 5.91 Å². The van der Waals surface area contributed by atoms with Gasteiger partial charge in [-0.05, 0) is 43.2 Å². The number of hydrogen-bond donors (Lipinski definition) is 0. The first-order valence-corrected chi connectivity index (χ1v) is 6.13. The first-order chi connectivity index (χ1) is 9.00. The van der Waals surface area contributed by atoms with Gasteiger partial charge in [-0.2, -0.15) is 0 Å². The molecule has 0 aromatic heterocycles. The van der Waals surface area contributed by atoms with Gasteiger partial charge in [-0.3, -0.25) is 9.69 Å². The van der Waals surface area contributed by atoms with E-state index in [1.54, 1.807) is 18.2 Å². The normalized spacial score (nSPS) is 10.3. The van der Waals surface area contributed by atoms with Crippen molar-refractivity contribution in [1.82, 2.24) is 0 Å². The average Bonchev–Trinajstić information content (AvgIpc) is 2.36. The molecule has 0 saturated heterocycles. The Morgan fingerprint density at radius 1 is 1.05 bits per heavy atom. The molecule has 0 radical (unpaired) electrons. The van der Waals surface area contributed by atoms with E-state index in [1.807, 2.05) is 32.0 Å². The largest absolute Gasteiger partial charge is 0.278 e. The lowest BCUT2D eigenvalue weighted by molar-refractivity contribution is -0.115. The van der Waals surface area contributed by atoms with Crippen LogP contribution in [0.1, 0.15) is 18.1 Å². The van der Waals surface area contributed by atoms with Crippen LogP contribution in [0.25, 0.3) is 0 Å². The van der Waals surface area contributed by atoms with Gasteiger partial charge in [0.05, 0.1) is 11.4 Å². The van der Waals surface area contributed by atoms with Gasteiger partial charge in [-0.25, -0.2) is 4.39 Å². The van der Waals surface area contributed by atoms with E-state index in [4.69, 9.17) is 0 Å². The molecule has 0 bridgehead atoms. The maximum Gasteiger partial charge on any atom is 0.228 e. The predicted octanol–water partition coefficient (Wildman–Crippen LogP) is 4.13.